The Morgan fingerprint density at radius 2 is 2.09 bits per heavy atom. The van der Waals surface area contributed by atoms with Crippen molar-refractivity contribution in [2.45, 2.75) is 63.3 Å². The van der Waals surface area contributed by atoms with Crippen molar-refractivity contribution < 1.29 is 10.2 Å². The molecule has 3 heteroatoms. The van der Waals surface area contributed by atoms with Gasteiger partial charge in [-0.25, -0.2) is 0 Å². The van der Waals surface area contributed by atoms with Crippen molar-refractivity contribution in [2.75, 3.05) is 6.54 Å². The molecule has 9 bridgehead atoms. The first-order valence-electron chi connectivity index (χ1n) is 9.77. The molecular formula is C20H27NO2. The van der Waals surface area contributed by atoms with E-state index in [1.54, 1.807) is 0 Å². The normalized spacial score (nSPS) is 75.6. The lowest BCUT2D eigenvalue weighted by atomic mass is 9.40. The molecule has 0 aromatic rings. The van der Waals surface area contributed by atoms with Crippen LogP contribution in [0.5, 0.6) is 0 Å². The van der Waals surface area contributed by atoms with Gasteiger partial charge in [-0.3, -0.25) is 4.90 Å². The molecule has 12 atom stereocenters. The number of aliphatic hydroxyl groups is 2. The van der Waals surface area contributed by atoms with Gasteiger partial charge in [0.1, 0.15) is 0 Å². The fraction of sp³-hybridized carbons (Fsp3) is 0.900. The van der Waals surface area contributed by atoms with Crippen molar-refractivity contribution in [2.24, 2.45) is 39.9 Å². The molecule has 124 valence electrons. The number of hydrogen-bond acceptors (Lipinski definition) is 3. The van der Waals surface area contributed by atoms with E-state index in [4.69, 9.17) is 0 Å². The molecule has 2 spiro atoms. The number of piperidine rings is 2. The number of hydrogen-bond donors (Lipinski definition) is 2. The van der Waals surface area contributed by atoms with Crippen molar-refractivity contribution in [1.82, 2.24) is 4.90 Å². The fourth-order valence-electron chi connectivity index (χ4n) is 10.3. The highest BCUT2D eigenvalue weighted by atomic mass is 16.3. The molecule has 0 aromatic carbocycles. The lowest BCUT2D eigenvalue weighted by molar-refractivity contribution is -0.194. The Morgan fingerprint density at radius 3 is 2.91 bits per heavy atom. The van der Waals surface area contributed by atoms with E-state index in [0.29, 0.717) is 41.2 Å². The summed E-state index contributed by atoms with van der Waals surface area (Å²) in [6.07, 6.45) is 5.38. The highest BCUT2D eigenvalue weighted by Crippen LogP contribution is 2.86. The summed E-state index contributed by atoms with van der Waals surface area (Å²) >= 11 is 0. The van der Waals surface area contributed by atoms with Crippen LogP contribution < -0.4 is 0 Å². The van der Waals surface area contributed by atoms with Crippen LogP contribution in [-0.4, -0.2) is 45.9 Å². The van der Waals surface area contributed by atoms with Gasteiger partial charge in [-0.2, -0.15) is 0 Å². The summed E-state index contributed by atoms with van der Waals surface area (Å²) in [6.45, 7) is 8.05. The maximum Gasteiger partial charge on any atom is 0.0813 e. The molecule has 3 heterocycles. The zero-order valence-corrected chi connectivity index (χ0v) is 13.9. The highest BCUT2D eigenvalue weighted by Gasteiger charge is 2.89. The molecule has 0 aromatic heterocycles. The van der Waals surface area contributed by atoms with Crippen molar-refractivity contribution in [3.63, 3.8) is 0 Å². The summed E-state index contributed by atoms with van der Waals surface area (Å²) in [5, 5.41) is 22.6. The van der Waals surface area contributed by atoms with Crippen LogP contribution in [0.15, 0.2) is 12.2 Å². The molecule has 6 saturated carbocycles. The molecule has 0 radical (unpaired) electrons. The van der Waals surface area contributed by atoms with Crippen LogP contribution in [0, 0.1) is 39.9 Å². The molecule has 6 aliphatic carbocycles. The SMILES string of the molecule is C=C1[C@H]2C[C@@H]3[C@H]4N5CC6(C)CCC(O)C47[C@@H]6[C@H]5C[C@]3([C@H]1O)[C@H]7C2. The van der Waals surface area contributed by atoms with Crippen LogP contribution in [0.4, 0.5) is 0 Å². The largest absolute Gasteiger partial charge is 0.392 e. The first-order chi connectivity index (χ1) is 11.0. The van der Waals surface area contributed by atoms with Crippen molar-refractivity contribution >= 4 is 0 Å². The van der Waals surface area contributed by atoms with E-state index in [1.807, 2.05) is 0 Å². The monoisotopic (exact) mass is 313 g/mol. The zero-order valence-electron chi connectivity index (χ0n) is 13.9. The second-order valence-electron chi connectivity index (χ2n) is 10.5. The Morgan fingerprint density at radius 1 is 1.26 bits per heavy atom. The third-order valence-corrected chi connectivity index (χ3v) is 10.4. The van der Waals surface area contributed by atoms with Gasteiger partial charge < -0.3 is 10.2 Å². The summed E-state index contributed by atoms with van der Waals surface area (Å²) in [5.41, 5.74) is 1.72. The lowest BCUT2D eigenvalue weighted by Crippen LogP contribution is -2.65. The Hall–Kier alpha value is -0.380. The topological polar surface area (TPSA) is 43.7 Å². The second-order valence-corrected chi connectivity index (χ2v) is 10.5. The van der Waals surface area contributed by atoms with Gasteiger partial charge in [-0.05, 0) is 66.8 Å². The zero-order chi connectivity index (χ0) is 15.5. The van der Waals surface area contributed by atoms with E-state index in [1.165, 1.54) is 32.2 Å². The Balaban J connectivity index is 1.54. The number of fused-ring (bicyclic) bond motifs is 1. The van der Waals surface area contributed by atoms with Gasteiger partial charge in [0.15, 0.2) is 0 Å². The van der Waals surface area contributed by atoms with E-state index in [-0.39, 0.29) is 23.0 Å². The van der Waals surface area contributed by atoms with Gasteiger partial charge in [0.05, 0.1) is 12.2 Å². The van der Waals surface area contributed by atoms with Gasteiger partial charge in [0.25, 0.3) is 0 Å². The van der Waals surface area contributed by atoms with Crippen molar-refractivity contribution in [3.8, 4) is 0 Å². The molecule has 9 fully saturated rings. The molecule has 2 N–H and O–H groups in total. The Bertz CT molecular complexity index is 677. The average Bonchev–Trinajstić information content (AvgIpc) is 2.94. The van der Waals surface area contributed by atoms with E-state index >= 15 is 0 Å². The van der Waals surface area contributed by atoms with Gasteiger partial charge >= 0.3 is 0 Å². The van der Waals surface area contributed by atoms with Gasteiger partial charge in [0.2, 0.25) is 0 Å². The second kappa shape index (κ2) is 3.20. The summed E-state index contributed by atoms with van der Waals surface area (Å²) < 4.78 is 0. The third-order valence-electron chi connectivity index (χ3n) is 10.4. The molecule has 3 saturated heterocycles. The molecule has 9 rings (SSSR count). The van der Waals surface area contributed by atoms with E-state index < -0.39 is 0 Å². The Labute approximate surface area is 137 Å². The third kappa shape index (κ3) is 0.910. The van der Waals surface area contributed by atoms with Crippen LogP contribution in [0.1, 0.15) is 39.0 Å². The van der Waals surface area contributed by atoms with Crippen LogP contribution in [0.25, 0.3) is 0 Å². The minimum Gasteiger partial charge on any atom is -0.392 e. The summed E-state index contributed by atoms with van der Waals surface area (Å²) in [5.74, 6) is 2.36. The molecular weight excluding hydrogens is 286 g/mol. The predicted octanol–water partition coefficient (Wildman–Crippen LogP) is 1.79. The van der Waals surface area contributed by atoms with E-state index in [2.05, 4.69) is 18.4 Å². The van der Waals surface area contributed by atoms with Crippen molar-refractivity contribution in [3.05, 3.63) is 12.2 Å². The molecule has 9 aliphatic rings. The number of aliphatic hydroxyl groups excluding tert-OH is 2. The maximum atomic E-state index is 11.3. The van der Waals surface area contributed by atoms with E-state index in [0.717, 1.165) is 12.0 Å². The molecule has 0 amide bonds. The Kier molecular flexibility index (Phi) is 1.79. The molecule has 3 aliphatic heterocycles. The number of rotatable bonds is 0. The molecule has 4 unspecified atom stereocenters. The van der Waals surface area contributed by atoms with E-state index in [9.17, 15) is 10.2 Å². The molecule has 23 heavy (non-hydrogen) atoms. The standard InChI is InChI=1S/C20H27NO2/c1-9-10-5-11-16-20-13(6-10)19(11,17(9)23)7-12-15(20)18(2,8-21(12)16)4-3-14(20)22/h10-17,22-23H,1,3-8H2,2H3/t10-,11+,12+,13+,14?,15+,16+,17-,18?,19+,20?/m0/s1. The van der Waals surface area contributed by atoms with Gasteiger partial charge in [0, 0.05) is 29.5 Å². The summed E-state index contributed by atoms with van der Waals surface area (Å²) in [4.78, 5) is 2.83. The summed E-state index contributed by atoms with van der Waals surface area (Å²) in [7, 11) is 0. The maximum absolute atomic E-state index is 11.3. The van der Waals surface area contributed by atoms with Crippen LogP contribution >= 0.6 is 0 Å². The quantitative estimate of drug-likeness (QED) is 0.670. The first kappa shape index (κ1) is 12.9. The number of nitrogens with zero attached hydrogens (tertiary/aromatic N) is 1. The summed E-state index contributed by atoms with van der Waals surface area (Å²) in [6, 6.07) is 1.19. The van der Waals surface area contributed by atoms with Gasteiger partial charge in [-0.1, -0.05) is 13.5 Å². The minimum atomic E-state index is -0.295. The van der Waals surface area contributed by atoms with Gasteiger partial charge in [-0.15, -0.1) is 0 Å². The fourth-order valence-corrected chi connectivity index (χ4v) is 10.3. The lowest BCUT2D eigenvalue weighted by Gasteiger charge is -2.65. The smallest absolute Gasteiger partial charge is 0.0813 e. The average molecular weight is 313 g/mol. The van der Waals surface area contributed by atoms with Crippen LogP contribution in [-0.2, 0) is 0 Å². The van der Waals surface area contributed by atoms with Crippen molar-refractivity contribution in [1.29, 1.82) is 0 Å². The predicted molar refractivity (Wildman–Crippen MR) is 85.5 cm³/mol. The molecule has 3 nitrogen and oxygen atoms in total. The highest BCUT2D eigenvalue weighted by molar-refractivity contribution is 5.43. The first-order valence-corrected chi connectivity index (χ1v) is 9.77. The van der Waals surface area contributed by atoms with Crippen LogP contribution in [0.3, 0.4) is 0 Å². The van der Waals surface area contributed by atoms with Crippen LogP contribution in [0.2, 0.25) is 0 Å². The minimum absolute atomic E-state index is 0.0672.